The molecule has 4 atom stereocenters. The first kappa shape index (κ1) is 25.6. The van der Waals surface area contributed by atoms with Crippen LogP contribution < -0.4 is 5.73 Å². The molecule has 9 nitrogen and oxygen atoms in total. The van der Waals surface area contributed by atoms with E-state index in [0.29, 0.717) is 11.1 Å². The monoisotopic (exact) mass is 526 g/mol. The van der Waals surface area contributed by atoms with Gasteiger partial charge in [-0.25, -0.2) is 8.78 Å². The first-order valence-electron chi connectivity index (χ1n) is 11.8. The van der Waals surface area contributed by atoms with Crippen LogP contribution >= 0.6 is 0 Å². The molecule has 0 radical (unpaired) electrons. The normalized spacial score (nSPS) is 26.8. The maximum absolute atomic E-state index is 14.0. The summed E-state index contributed by atoms with van der Waals surface area (Å²) in [5.41, 5.74) is 2.23. The zero-order chi connectivity index (χ0) is 27.8. The van der Waals surface area contributed by atoms with Crippen LogP contribution in [0.15, 0.2) is 47.2 Å². The SMILES string of the molecule is CN(C)C1C(=O)C(C(N)=O)=C(O)C2(O)C(=O)C3=C(O)c4c(O)ccc(-c5ccc(F)c(F)c5)c4CC3CC12. The second kappa shape index (κ2) is 8.47. The minimum absolute atomic E-state index is 0.0251. The van der Waals surface area contributed by atoms with Crippen LogP contribution in [0, 0.1) is 23.5 Å². The smallest absolute Gasteiger partial charge is 0.255 e. The van der Waals surface area contributed by atoms with Crippen molar-refractivity contribution in [2.75, 3.05) is 14.1 Å². The molecule has 4 unspecified atom stereocenters. The first-order chi connectivity index (χ1) is 17.8. The highest BCUT2D eigenvalue weighted by atomic mass is 19.2. The molecular weight excluding hydrogens is 502 g/mol. The third-order valence-corrected chi connectivity index (χ3v) is 7.83. The molecular formula is C27H24F2N2O7. The van der Waals surface area contributed by atoms with Gasteiger partial charge in [0.2, 0.25) is 5.78 Å². The number of carbonyl (C=O) groups excluding carboxylic acids is 3. The summed E-state index contributed by atoms with van der Waals surface area (Å²) in [5, 5.41) is 44.3. The van der Waals surface area contributed by atoms with Gasteiger partial charge in [-0.15, -0.1) is 0 Å². The molecule has 2 aromatic carbocycles. The lowest BCUT2D eigenvalue weighted by atomic mass is 9.57. The van der Waals surface area contributed by atoms with E-state index in [9.17, 15) is 43.6 Å². The molecule has 0 aromatic heterocycles. The zero-order valence-electron chi connectivity index (χ0n) is 20.3. The van der Waals surface area contributed by atoms with Crippen LogP contribution in [-0.2, 0) is 20.8 Å². The summed E-state index contributed by atoms with van der Waals surface area (Å²) < 4.78 is 27.6. The molecule has 0 aliphatic heterocycles. The lowest BCUT2D eigenvalue weighted by molar-refractivity contribution is -0.153. The van der Waals surface area contributed by atoms with Gasteiger partial charge in [-0.3, -0.25) is 19.3 Å². The van der Waals surface area contributed by atoms with Gasteiger partial charge in [0.25, 0.3) is 5.91 Å². The number of hydrogen-bond donors (Lipinski definition) is 5. The second-order valence-electron chi connectivity index (χ2n) is 10.1. The second-order valence-corrected chi connectivity index (χ2v) is 10.1. The van der Waals surface area contributed by atoms with Crippen molar-refractivity contribution in [1.82, 2.24) is 4.90 Å². The molecule has 3 aliphatic carbocycles. The number of halogens is 2. The molecule has 198 valence electrons. The fraction of sp³-hybridized carbons (Fsp3) is 0.296. The molecule has 1 saturated carbocycles. The number of fused-ring (bicyclic) bond motifs is 3. The minimum Gasteiger partial charge on any atom is -0.508 e. The molecule has 1 amide bonds. The highest BCUT2D eigenvalue weighted by Crippen LogP contribution is 2.53. The Morgan fingerprint density at radius 2 is 1.76 bits per heavy atom. The lowest BCUT2D eigenvalue weighted by Crippen LogP contribution is -2.65. The number of aromatic hydroxyl groups is 1. The molecule has 6 N–H and O–H groups in total. The molecule has 0 spiro atoms. The van der Waals surface area contributed by atoms with E-state index in [1.165, 1.54) is 37.2 Å². The Morgan fingerprint density at radius 1 is 1.08 bits per heavy atom. The fourth-order valence-electron chi connectivity index (χ4n) is 6.18. The number of aliphatic hydroxyl groups is 3. The Hall–Kier alpha value is -4.09. The third-order valence-electron chi connectivity index (χ3n) is 7.83. The van der Waals surface area contributed by atoms with Gasteiger partial charge < -0.3 is 26.2 Å². The maximum atomic E-state index is 14.0. The summed E-state index contributed by atoms with van der Waals surface area (Å²) in [7, 11) is 3.01. The van der Waals surface area contributed by atoms with Crippen LogP contribution in [-0.4, -0.2) is 68.5 Å². The standard InChI is InChI=1S/C27H24F2N2O7/c1-31(2)21-14-8-11-7-13-12(10-3-5-15(28)16(29)9-10)4-6-17(32)19(13)22(33)18(11)24(35)27(14,38)25(36)20(23(21)34)26(30)37/h3-6,9,11,14,21,32-33,36,38H,7-8H2,1-2H3,(H2,30,37). The largest absolute Gasteiger partial charge is 0.508 e. The number of phenolic OH excluding ortho intramolecular Hbond substituents is 1. The van der Waals surface area contributed by atoms with Crippen molar-refractivity contribution in [3.05, 3.63) is 70.0 Å². The number of Topliss-reactive ketones (excluding diaryl/α,β-unsaturated/α-hetero) is 2. The predicted octanol–water partition coefficient (Wildman–Crippen LogP) is 1.91. The quantitative estimate of drug-likeness (QED) is 0.379. The average Bonchev–Trinajstić information content (AvgIpc) is 2.83. The minimum atomic E-state index is -2.74. The van der Waals surface area contributed by atoms with Crippen molar-refractivity contribution in [1.29, 1.82) is 0 Å². The molecule has 3 aliphatic rings. The van der Waals surface area contributed by atoms with Crippen molar-refractivity contribution in [2.45, 2.75) is 24.5 Å². The lowest BCUT2D eigenvalue weighted by Gasteiger charge is -2.50. The van der Waals surface area contributed by atoms with Crippen molar-refractivity contribution >= 4 is 23.2 Å². The van der Waals surface area contributed by atoms with Gasteiger partial charge in [-0.05, 0) is 67.7 Å². The number of ketones is 2. The predicted molar refractivity (Wildman–Crippen MR) is 130 cm³/mol. The summed E-state index contributed by atoms with van der Waals surface area (Å²) in [6.07, 6.45) is -0.0596. The highest BCUT2D eigenvalue weighted by Gasteiger charge is 2.64. The van der Waals surface area contributed by atoms with Gasteiger partial charge in [0.15, 0.2) is 23.0 Å². The number of carbonyl (C=O) groups is 3. The first-order valence-corrected chi connectivity index (χ1v) is 11.8. The van der Waals surface area contributed by atoms with E-state index in [-0.39, 0.29) is 29.5 Å². The fourth-order valence-corrected chi connectivity index (χ4v) is 6.18. The van der Waals surface area contributed by atoms with Crippen LogP contribution in [0.3, 0.4) is 0 Å². The van der Waals surface area contributed by atoms with Crippen molar-refractivity contribution in [3.63, 3.8) is 0 Å². The van der Waals surface area contributed by atoms with Crippen molar-refractivity contribution < 1.29 is 43.6 Å². The van der Waals surface area contributed by atoms with Gasteiger partial charge in [0, 0.05) is 11.5 Å². The van der Waals surface area contributed by atoms with Crippen LogP contribution in [0.1, 0.15) is 17.5 Å². The summed E-state index contributed by atoms with van der Waals surface area (Å²) in [6.45, 7) is 0. The van der Waals surface area contributed by atoms with Gasteiger partial charge in [0.05, 0.1) is 11.6 Å². The number of hydrogen-bond acceptors (Lipinski definition) is 8. The number of likely N-dealkylation sites (N-methyl/N-ethyl adjacent to an activating group) is 1. The summed E-state index contributed by atoms with van der Waals surface area (Å²) in [5.74, 6) is -9.69. The molecule has 38 heavy (non-hydrogen) atoms. The van der Waals surface area contributed by atoms with Gasteiger partial charge in [-0.2, -0.15) is 0 Å². The van der Waals surface area contributed by atoms with E-state index in [2.05, 4.69) is 0 Å². The maximum Gasteiger partial charge on any atom is 0.255 e. The van der Waals surface area contributed by atoms with Gasteiger partial charge in [-0.1, -0.05) is 12.1 Å². The summed E-state index contributed by atoms with van der Waals surface area (Å²) >= 11 is 0. The Labute approximate surface area is 215 Å². The Balaban J connectivity index is 1.74. The van der Waals surface area contributed by atoms with Crippen LogP contribution in [0.25, 0.3) is 16.9 Å². The zero-order valence-corrected chi connectivity index (χ0v) is 20.3. The van der Waals surface area contributed by atoms with Crippen molar-refractivity contribution in [3.8, 4) is 16.9 Å². The number of primary amides is 1. The molecule has 2 aromatic rings. The van der Waals surface area contributed by atoms with E-state index in [4.69, 9.17) is 5.73 Å². The Kier molecular flexibility index (Phi) is 5.69. The van der Waals surface area contributed by atoms with Gasteiger partial charge in [0.1, 0.15) is 22.8 Å². The number of nitrogens with two attached hydrogens (primary N) is 1. The van der Waals surface area contributed by atoms with Crippen LogP contribution in [0.4, 0.5) is 8.78 Å². The van der Waals surface area contributed by atoms with E-state index >= 15 is 0 Å². The molecule has 0 heterocycles. The third kappa shape index (κ3) is 3.31. The number of aliphatic hydroxyl groups excluding tert-OH is 2. The topological polar surface area (TPSA) is 161 Å². The number of rotatable bonds is 3. The summed E-state index contributed by atoms with van der Waals surface area (Å²) in [4.78, 5) is 40.4. The molecule has 1 fully saturated rings. The molecule has 0 bridgehead atoms. The van der Waals surface area contributed by atoms with E-state index in [0.717, 1.165) is 12.1 Å². The number of phenols is 1. The van der Waals surface area contributed by atoms with Crippen molar-refractivity contribution in [2.24, 2.45) is 17.6 Å². The Morgan fingerprint density at radius 3 is 2.37 bits per heavy atom. The number of benzene rings is 2. The Bertz CT molecular complexity index is 1510. The van der Waals surface area contributed by atoms with Crippen LogP contribution in [0.2, 0.25) is 0 Å². The summed E-state index contributed by atoms with van der Waals surface area (Å²) in [6, 6.07) is 4.74. The van der Waals surface area contributed by atoms with E-state index in [1.54, 1.807) is 0 Å². The molecule has 11 heteroatoms. The molecule has 5 rings (SSSR count). The van der Waals surface area contributed by atoms with Gasteiger partial charge >= 0.3 is 0 Å². The number of amides is 1. The van der Waals surface area contributed by atoms with E-state index < -0.39 is 75.4 Å². The number of nitrogens with zero attached hydrogens (tertiary/aromatic N) is 1. The van der Waals surface area contributed by atoms with Crippen LogP contribution in [0.5, 0.6) is 5.75 Å². The van der Waals surface area contributed by atoms with E-state index in [1.807, 2.05) is 0 Å². The molecule has 0 saturated heterocycles. The highest BCUT2D eigenvalue weighted by molar-refractivity contribution is 6.24. The average molecular weight is 526 g/mol.